The number of fused-ring (bicyclic) bond motifs is 1. The van der Waals surface area contributed by atoms with Crippen molar-refractivity contribution in [3.63, 3.8) is 0 Å². The number of rotatable bonds is 2. The number of aryl methyl sites for hydroxylation is 1. The summed E-state index contributed by atoms with van der Waals surface area (Å²) in [6.07, 6.45) is 5.78. The van der Waals surface area contributed by atoms with E-state index in [4.69, 9.17) is 11.6 Å². The lowest BCUT2D eigenvalue weighted by Gasteiger charge is -2.07. The van der Waals surface area contributed by atoms with E-state index in [1.165, 1.54) is 6.42 Å². The topological polar surface area (TPSA) is 45.8 Å². The maximum absolute atomic E-state index is 12.2. The second kappa shape index (κ2) is 5.80. The van der Waals surface area contributed by atoms with Gasteiger partial charge in [-0.25, -0.2) is 4.98 Å². The Balaban J connectivity index is 1.93. The highest BCUT2D eigenvalue weighted by atomic mass is 35.5. The lowest BCUT2D eigenvalue weighted by Crippen LogP contribution is -2.19. The molecule has 0 atom stereocenters. The van der Waals surface area contributed by atoms with Gasteiger partial charge in [0.2, 0.25) is 0 Å². The molecule has 3 rings (SSSR count). The Morgan fingerprint density at radius 2 is 2.05 bits per heavy atom. The molecule has 0 saturated carbocycles. The number of hydrogen-bond acceptors (Lipinski definition) is 2. The van der Waals surface area contributed by atoms with Crippen LogP contribution in [-0.2, 0) is 19.3 Å². The summed E-state index contributed by atoms with van der Waals surface area (Å²) in [5.41, 5.74) is 2.98. The molecule has 3 nitrogen and oxygen atoms in total. The minimum atomic E-state index is 0.0360. The molecular weight excluding hydrogens is 272 g/mol. The lowest BCUT2D eigenvalue weighted by molar-refractivity contribution is 0.708. The Hall–Kier alpha value is -1.61. The van der Waals surface area contributed by atoms with Gasteiger partial charge >= 0.3 is 0 Å². The zero-order chi connectivity index (χ0) is 13.9. The molecular formula is C16H17ClN2O. The predicted octanol–water partition coefficient (Wildman–Crippen LogP) is 3.28. The molecule has 0 aliphatic heterocycles. The predicted molar refractivity (Wildman–Crippen MR) is 80.4 cm³/mol. The van der Waals surface area contributed by atoms with Crippen LogP contribution in [0.1, 0.15) is 41.9 Å². The normalized spacial score (nSPS) is 14.7. The fourth-order valence-electron chi connectivity index (χ4n) is 2.76. The van der Waals surface area contributed by atoms with E-state index in [1.54, 1.807) is 0 Å². The first kappa shape index (κ1) is 13.4. The van der Waals surface area contributed by atoms with E-state index in [-0.39, 0.29) is 5.56 Å². The zero-order valence-corrected chi connectivity index (χ0v) is 12.0. The van der Waals surface area contributed by atoms with E-state index >= 15 is 0 Å². The molecule has 0 bridgehead atoms. The summed E-state index contributed by atoms with van der Waals surface area (Å²) in [5, 5.41) is 0.708. The van der Waals surface area contributed by atoms with Gasteiger partial charge in [0.05, 0.1) is 5.69 Å². The van der Waals surface area contributed by atoms with E-state index in [0.717, 1.165) is 48.3 Å². The number of nitrogens with one attached hydrogen (secondary N) is 1. The molecule has 20 heavy (non-hydrogen) atoms. The SMILES string of the molecule is O=c1[nH]c(Cc2cccc(Cl)c2)nc2c1CCCCC2. The van der Waals surface area contributed by atoms with Gasteiger partial charge in [0.25, 0.3) is 5.56 Å². The fourth-order valence-corrected chi connectivity index (χ4v) is 2.97. The second-order valence-electron chi connectivity index (χ2n) is 5.31. The molecule has 0 saturated heterocycles. The first-order chi connectivity index (χ1) is 9.72. The van der Waals surface area contributed by atoms with Crippen molar-refractivity contribution < 1.29 is 0 Å². The molecule has 0 radical (unpaired) electrons. The first-order valence-electron chi connectivity index (χ1n) is 7.08. The molecule has 0 amide bonds. The molecule has 0 spiro atoms. The van der Waals surface area contributed by atoms with Crippen LogP contribution in [0.3, 0.4) is 0 Å². The van der Waals surface area contributed by atoms with E-state index in [2.05, 4.69) is 9.97 Å². The number of benzene rings is 1. The Kier molecular flexibility index (Phi) is 3.88. The molecule has 104 valence electrons. The van der Waals surface area contributed by atoms with Crippen LogP contribution in [0, 0.1) is 0 Å². The van der Waals surface area contributed by atoms with E-state index in [0.29, 0.717) is 11.4 Å². The Labute approximate surface area is 123 Å². The smallest absolute Gasteiger partial charge is 0.254 e. The minimum Gasteiger partial charge on any atom is -0.310 e. The van der Waals surface area contributed by atoms with Crippen LogP contribution in [-0.4, -0.2) is 9.97 Å². The summed E-state index contributed by atoms with van der Waals surface area (Å²) in [5.74, 6) is 0.734. The fraction of sp³-hybridized carbons (Fsp3) is 0.375. The van der Waals surface area contributed by atoms with Crippen molar-refractivity contribution >= 4 is 11.6 Å². The van der Waals surface area contributed by atoms with Gasteiger partial charge in [0.15, 0.2) is 0 Å². The van der Waals surface area contributed by atoms with Crippen molar-refractivity contribution in [1.82, 2.24) is 9.97 Å². The number of aromatic nitrogens is 2. The molecule has 1 aromatic carbocycles. The van der Waals surface area contributed by atoms with Crippen molar-refractivity contribution in [2.75, 3.05) is 0 Å². The van der Waals surface area contributed by atoms with Gasteiger partial charge in [-0.3, -0.25) is 4.79 Å². The Morgan fingerprint density at radius 3 is 2.90 bits per heavy atom. The summed E-state index contributed by atoms with van der Waals surface area (Å²) < 4.78 is 0. The Morgan fingerprint density at radius 1 is 1.20 bits per heavy atom. The number of hydrogen-bond donors (Lipinski definition) is 1. The molecule has 1 aliphatic rings. The highest BCUT2D eigenvalue weighted by Crippen LogP contribution is 2.17. The Bertz CT molecular complexity index is 678. The number of aromatic amines is 1. The number of nitrogens with zero attached hydrogens (tertiary/aromatic N) is 1. The largest absolute Gasteiger partial charge is 0.310 e. The molecule has 0 unspecified atom stereocenters. The van der Waals surface area contributed by atoms with Gasteiger partial charge in [-0.15, -0.1) is 0 Å². The lowest BCUT2D eigenvalue weighted by atomic mass is 10.1. The summed E-state index contributed by atoms with van der Waals surface area (Å²) >= 11 is 5.99. The third kappa shape index (κ3) is 2.93. The summed E-state index contributed by atoms with van der Waals surface area (Å²) in [7, 11) is 0. The van der Waals surface area contributed by atoms with Gasteiger partial charge in [-0.1, -0.05) is 30.2 Å². The van der Waals surface area contributed by atoms with Crippen LogP contribution in [0.4, 0.5) is 0 Å². The molecule has 2 aromatic rings. The standard InChI is InChI=1S/C16H17ClN2O/c17-12-6-4-5-11(9-12)10-15-18-14-8-3-1-2-7-13(14)16(20)19-15/h4-6,9H,1-3,7-8,10H2,(H,18,19,20). The van der Waals surface area contributed by atoms with Crippen molar-refractivity contribution in [2.45, 2.75) is 38.5 Å². The number of halogens is 1. The maximum Gasteiger partial charge on any atom is 0.254 e. The molecule has 1 aliphatic carbocycles. The van der Waals surface area contributed by atoms with Gasteiger partial charge in [-0.2, -0.15) is 0 Å². The van der Waals surface area contributed by atoms with Gasteiger partial charge in [-0.05, 0) is 43.4 Å². The van der Waals surface area contributed by atoms with Crippen LogP contribution in [0.15, 0.2) is 29.1 Å². The number of H-pyrrole nitrogens is 1. The van der Waals surface area contributed by atoms with Crippen LogP contribution < -0.4 is 5.56 Å². The average Bonchev–Trinajstić information content (AvgIpc) is 2.64. The minimum absolute atomic E-state index is 0.0360. The quantitative estimate of drug-likeness (QED) is 0.862. The van der Waals surface area contributed by atoms with Crippen LogP contribution in [0.2, 0.25) is 5.02 Å². The highest BCUT2D eigenvalue weighted by Gasteiger charge is 2.14. The molecule has 0 fully saturated rings. The highest BCUT2D eigenvalue weighted by molar-refractivity contribution is 6.30. The first-order valence-corrected chi connectivity index (χ1v) is 7.45. The maximum atomic E-state index is 12.2. The molecule has 1 heterocycles. The third-order valence-electron chi connectivity index (χ3n) is 3.75. The van der Waals surface area contributed by atoms with Crippen molar-refractivity contribution in [3.05, 3.63) is 62.3 Å². The van der Waals surface area contributed by atoms with Gasteiger partial charge in [0, 0.05) is 17.0 Å². The summed E-state index contributed by atoms with van der Waals surface area (Å²) in [4.78, 5) is 19.8. The molecule has 1 N–H and O–H groups in total. The second-order valence-corrected chi connectivity index (χ2v) is 5.74. The molecule has 1 aromatic heterocycles. The summed E-state index contributed by atoms with van der Waals surface area (Å²) in [6, 6.07) is 7.67. The average molecular weight is 289 g/mol. The third-order valence-corrected chi connectivity index (χ3v) is 3.99. The molecule has 4 heteroatoms. The van der Waals surface area contributed by atoms with Gasteiger partial charge in [0.1, 0.15) is 5.82 Å². The van der Waals surface area contributed by atoms with Crippen LogP contribution >= 0.6 is 11.6 Å². The zero-order valence-electron chi connectivity index (χ0n) is 11.3. The summed E-state index contributed by atoms with van der Waals surface area (Å²) in [6.45, 7) is 0. The van der Waals surface area contributed by atoms with E-state index in [9.17, 15) is 4.79 Å². The van der Waals surface area contributed by atoms with Crippen LogP contribution in [0.5, 0.6) is 0 Å². The van der Waals surface area contributed by atoms with Gasteiger partial charge < -0.3 is 4.98 Å². The van der Waals surface area contributed by atoms with Crippen LogP contribution in [0.25, 0.3) is 0 Å². The van der Waals surface area contributed by atoms with E-state index < -0.39 is 0 Å². The van der Waals surface area contributed by atoms with Crippen molar-refractivity contribution in [2.24, 2.45) is 0 Å². The van der Waals surface area contributed by atoms with Crippen molar-refractivity contribution in [1.29, 1.82) is 0 Å². The van der Waals surface area contributed by atoms with Crippen molar-refractivity contribution in [3.8, 4) is 0 Å². The van der Waals surface area contributed by atoms with E-state index in [1.807, 2.05) is 24.3 Å². The monoisotopic (exact) mass is 288 g/mol.